The van der Waals surface area contributed by atoms with E-state index in [1.165, 1.54) is 38.2 Å². The van der Waals surface area contributed by atoms with E-state index in [9.17, 15) is 18.0 Å². The summed E-state index contributed by atoms with van der Waals surface area (Å²) in [4.78, 5) is 23.2. The fraction of sp³-hybridized carbons (Fsp3) is 0.200. The van der Waals surface area contributed by atoms with Gasteiger partial charge in [-0.05, 0) is 30.3 Å². The lowest BCUT2D eigenvalue weighted by Crippen LogP contribution is -2.34. The smallest absolute Gasteiger partial charge is 0.252 e. The summed E-state index contributed by atoms with van der Waals surface area (Å²) in [5.74, 6) is -0.814. The number of carbonyl (C=O) groups excluding carboxylic acids is 2. The van der Waals surface area contributed by atoms with Gasteiger partial charge in [0, 0.05) is 19.7 Å². The minimum Gasteiger partial charge on any atom is -0.325 e. The first kappa shape index (κ1) is 20.7. The topological polar surface area (TPSA) is 95.6 Å². The molecule has 11 heteroatoms. The highest BCUT2D eigenvalue weighted by atomic mass is 35.5. The molecule has 1 aromatic heterocycles. The van der Waals surface area contributed by atoms with Crippen LogP contribution in [0.4, 0.5) is 11.4 Å². The van der Waals surface area contributed by atoms with Gasteiger partial charge < -0.3 is 10.6 Å². The van der Waals surface area contributed by atoms with Gasteiger partial charge in [0.25, 0.3) is 10.0 Å². The zero-order chi connectivity index (χ0) is 19.5. The minimum atomic E-state index is -3.80. The van der Waals surface area contributed by atoms with Gasteiger partial charge in [-0.1, -0.05) is 23.2 Å². The molecule has 0 aliphatic carbocycles. The Bertz CT molecular complexity index is 944. The normalized spacial score (nSPS) is 11.4. The maximum atomic E-state index is 12.4. The van der Waals surface area contributed by atoms with E-state index in [1.807, 2.05) is 0 Å². The number of nitrogens with one attached hydrogen (secondary N) is 2. The molecule has 26 heavy (non-hydrogen) atoms. The summed E-state index contributed by atoms with van der Waals surface area (Å²) in [7, 11) is -2.50. The Morgan fingerprint density at radius 1 is 1.15 bits per heavy atom. The van der Waals surface area contributed by atoms with E-state index in [-0.39, 0.29) is 21.7 Å². The molecule has 0 spiro atoms. The fourth-order valence-electron chi connectivity index (χ4n) is 1.96. The van der Waals surface area contributed by atoms with Gasteiger partial charge in [-0.25, -0.2) is 8.42 Å². The van der Waals surface area contributed by atoms with Crippen molar-refractivity contribution in [2.75, 3.05) is 24.2 Å². The molecule has 0 atom stereocenters. The molecular weight excluding hydrogens is 421 g/mol. The molecule has 0 saturated carbocycles. The van der Waals surface area contributed by atoms with Crippen LogP contribution in [0, 0.1) is 0 Å². The summed E-state index contributed by atoms with van der Waals surface area (Å²) >= 11 is 12.7. The first-order valence-corrected chi connectivity index (χ1v) is 10.2. The van der Waals surface area contributed by atoms with Gasteiger partial charge in [-0.15, -0.1) is 11.3 Å². The van der Waals surface area contributed by atoms with E-state index in [4.69, 9.17) is 23.2 Å². The second-order valence-electron chi connectivity index (χ2n) is 5.24. The van der Waals surface area contributed by atoms with Crippen molar-refractivity contribution >= 4 is 67.8 Å². The summed E-state index contributed by atoms with van der Waals surface area (Å²) in [6.45, 7) is 0.964. The Morgan fingerprint density at radius 2 is 1.85 bits per heavy atom. The maximum Gasteiger partial charge on any atom is 0.252 e. The van der Waals surface area contributed by atoms with Crippen molar-refractivity contribution in [3.05, 3.63) is 39.7 Å². The molecule has 1 aromatic carbocycles. The number of likely N-dealkylation sites (N-methyl/N-ethyl adjacent to an activating group) is 1. The van der Waals surface area contributed by atoms with Gasteiger partial charge in [0.2, 0.25) is 11.8 Å². The first-order valence-electron chi connectivity index (χ1n) is 7.18. The summed E-state index contributed by atoms with van der Waals surface area (Å²) in [6.07, 6.45) is 0. The quantitative estimate of drug-likeness (QED) is 0.727. The van der Waals surface area contributed by atoms with Gasteiger partial charge in [0.1, 0.15) is 4.21 Å². The van der Waals surface area contributed by atoms with E-state index in [0.717, 1.165) is 15.6 Å². The van der Waals surface area contributed by atoms with Gasteiger partial charge >= 0.3 is 0 Å². The highest BCUT2D eigenvalue weighted by molar-refractivity contribution is 7.91. The third kappa shape index (κ3) is 5.18. The second kappa shape index (κ2) is 8.36. The molecule has 2 rings (SSSR count). The number of amides is 2. The lowest BCUT2D eigenvalue weighted by atomic mass is 10.2. The maximum absolute atomic E-state index is 12.4. The van der Waals surface area contributed by atoms with Crippen LogP contribution >= 0.6 is 34.5 Å². The van der Waals surface area contributed by atoms with Crippen LogP contribution in [0.2, 0.25) is 9.36 Å². The highest BCUT2D eigenvalue weighted by Crippen LogP contribution is 2.28. The zero-order valence-corrected chi connectivity index (χ0v) is 16.9. The number of nitrogens with zero attached hydrogens (tertiary/aromatic N) is 1. The van der Waals surface area contributed by atoms with E-state index in [2.05, 4.69) is 10.6 Å². The monoisotopic (exact) mass is 435 g/mol. The van der Waals surface area contributed by atoms with Crippen molar-refractivity contribution < 1.29 is 18.0 Å². The Labute approximate surface area is 165 Å². The summed E-state index contributed by atoms with van der Waals surface area (Å²) in [5, 5.41) is 5.35. The fourth-order valence-corrected chi connectivity index (χ4v) is 5.01. The van der Waals surface area contributed by atoms with Gasteiger partial charge in [-0.2, -0.15) is 4.31 Å². The van der Waals surface area contributed by atoms with Crippen molar-refractivity contribution in [1.29, 1.82) is 0 Å². The molecule has 0 saturated heterocycles. The third-order valence-corrected chi connectivity index (χ3v) is 6.96. The molecule has 2 aromatic rings. The molecule has 0 fully saturated rings. The van der Waals surface area contributed by atoms with Crippen LogP contribution in [-0.2, 0) is 19.6 Å². The third-order valence-electron chi connectivity index (χ3n) is 3.14. The number of benzene rings is 1. The van der Waals surface area contributed by atoms with Crippen LogP contribution in [0.3, 0.4) is 0 Å². The van der Waals surface area contributed by atoms with Gasteiger partial charge in [0.05, 0.1) is 21.6 Å². The number of halogens is 2. The standard InChI is InChI=1S/C15H15Cl2N3O4S2/c1-9(21)18-12-4-3-10(7-11(12)16)19-14(22)8-20(2)26(23,24)15-6-5-13(17)25-15/h3-7H,8H2,1-2H3,(H,18,21)(H,19,22). The van der Waals surface area contributed by atoms with Crippen molar-refractivity contribution in [3.63, 3.8) is 0 Å². The molecule has 0 aliphatic heterocycles. The zero-order valence-electron chi connectivity index (χ0n) is 13.7. The lowest BCUT2D eigenvalue weighted by Gasteiger charge is -2.16. The van der Waals surface area contributed by atoms with Crippen molar-refractivity contribution in [1.82, 2.24) is 4.31 Å². The van der Waals surface area contributed by atoms with E-state index in [0.29, 0.717) is 15.7 Å². The number of sulfonamides is 1. The van der Waals surface area contributed by atoms with E-state index in [1.54, 1.807) is 6.07 Å². The molecule has 0 radical (unpaired) electrons. The molecule has 7 nitrogen and oxygen atoms in total. The number of anilines is 2. The number of hydrogen-bond acceptors (Lipinski definition) is 5. The second-order valence-corrected chi connectivity index (χ2v) is 9.64. The highest BCUT2D eigenvalue weighted by Gasteiger charge is 2.24. The summed E-state index contributed by atoms with van der Waals surface area (Å²) in [6, 6.07) is 7.40. The largest absolute Gasteiger partial charge is 0.325 e. The predicted octanol–water partition coefficient (Wildman–Crippen LogP) is 3.27. The SMILES string of the molecule is CC(=O)Nc1ccc(NC(=O)CN(C)S(=O)(=O)c2ccc(Cl)s2)cc1Cl. The Kier molecular flexibility index (Phi) is 6.64. The van der Waals surface area contributed by atoms with Crippen LogP contribution in [0.25, 0.3) is 0 Å². The molecule has 2 N–H and O–H groups in total. The van der Waals surface area contributed by atoms with Crippen LogP contribution in [0.5, 0.6) is 0 Å². The Hall–Kier alpha value is -1.65. The number of thiophene rings is 1. The number of hydrogen-bond donors (Lipinski definition) is 2. The Morgan fingerprint density at radius 3 is 2.38 bits per heavy atom. The van der Waals surface area contributed by atoms with Crippen molar-refractivity contribution in [2.45, 2.75) is 11.1 Å². The first-order chi connectivity index (χ1) is 12.1. The number of carbonyl (C=O) groups is 2. The van der Waals surface area contributed by atoms with E-state index < -0.39 is 15.9 Å². The molecular formula is C15H15Cl2N3O4S2. The molecule has 1 heterocycles. The van der Waals surface area contributed by atoms with Gasteiger partial charge in [0.15, 0.2) is 0 Å². The predicted molar refractivity (Wildman–Crippen MR) is 104 cm³/mol. The molecule has 0 unspecified atom stereocenters. The average Bonchev–Trinajstić information content (AvgIpc) is 2.96. The van der Waals surface area contributed by atoms with E-state index >= 15 is 0 Å². The van der Waals surface area contributed by atoms with Crippen molar-refractivity contribution in [2.24, 2.45) is 0 Å². The van der Waals surface area contributed by atoms with Gasteiger partial charge in [-0.3, -0.25) is 9.59 Å². The minimum absolute atomic E-state index is 0.0560. The molecule has 0 bridgehead atoms. The molecule has 0 aliphatic rings. The molecule has 140 valence electrons. The van der Waals surface area contributed by atoms with Crippen molar-refractivity contribution in [3.8, 4) is 0 Å². The number of rotatable bonds is 6. The summed E-state index contributed by atoms with van der Waals surface area (Å²) < 4.78 is 26.1. The average molecular weight is 436 g/mol. The molecule has 2 amide bonds. The van der Waals surface area contributed by atoms with Crippen LogP contribution < -0.4 is 10.6 Å². The van der Waals surface area contributed by atoms with Crippen LogP contribution in [0.15, 0.2) is 34.5 Å². The van der Waals surface area contributed by atoms with Crippen LogP contribution in [-0.4, -0.2) is 38.1 Å². The van der Waals surface area contributed by atoms with Crippen LogP contribution in [0.1, 0.15) is 6.92 Å². The lowest BCUT2D eigenvalue weighted by molar-refractivity contribution is -0.116. The summed E-state index contributed by atoms with van der Waals surface area (Å²) in [5.41, 5.74) is 0.783. The Balaban J connectivity index is 2.04.